The molecule has 2 heterocycles. The van der Waals surface area contributed by atoms with Crippen LogP contribution in [0.5, 0.6) is 0 Å². The molecule has 0 radical (unpaired) electrons. The van der Waals surface area contributed by atoms with Gasteiger partial charge in [-0.15, -0.1) is 20.4 Å². The molecule has 152 valence electrons. The Morgan fingerprint density at radius 3 is 1.43 bits per heavy atom. The number of carbonyl (C=O) groups excluding carboxylic acids is 2. The van der Waals surface area contributed by atoms with Crippen LogP contribution in [0.15, 0.2) is 48.5 Å². The molecular weight excluding hydrogens is 384 g/mol. The van der Waals surface area contributed by atoms with E-state index in [1.165, 1.54) is 0 Å². The van der Waals surface area contributed by atoms with Gasteiger partial charge in [0.25, 0.3) is 0 Å². The van der Waals surface area contributed by atoms with Gasteiger partial charge in [0.1, 0.15) is 22.1 Å². The van der Waals surface area contributed by atoms with Crippen LogP contribution in [-0.4, -0.2) is 54.1 Å². The van der Waals surface area contributed by atoms with Gasteiger partial charge >= 0.3 is 12.1 Å². The van der Waals surface area contributed by atoms with E-state index in [0.29, 0.717) is 28.5 Å². The van der Waals surface area contributed by atoms with Gasteiger partial charge in [0.05, 0.1) is 0 Å². The summed E-state index contributed by atoms with van der Waals surface area (Å²) in [6.45, 7) is 0. The van der Waals surface area contributed by atoms with Crippen LogP contribution in [0.25, 0.3) is 22.1 Å². The molecule has 2 N–H and O–H groups in total. The molecule has 0 spiro atoms. The highest BCUT2D eigenvalue weighted by Crippen LogP contribution is 2.19. The van der Waals surface area contributed by atoms with Crippen LogP contribution < -0.4 is 10.6 Å². The smallest absolute Gasteiger partial charge is 0.332 e. The molecule has 0 bridgehead atoms. The number of nitrogens with zero attached hydrogens (tertiary/aromatic N) is 6. The van der Waals surface area contributed by atoms with Crippen LogP contribution in [0.3, 0.4) is 0 Å². The molecular formula is C20H20N8O2. The van der Waals surface area contributed by atoms with Crippen molar-refractivity contribution in [2.75, 3.05) is 0 Å². The summed E-state index contributed by atoms with van der Waals surface area (Å²) in [5, 5.41) is 22.8. The van der Waals surface area contributed by atoms with Gasteiger partial charge in [-0.1, -0.05) is 33.9 Å². The number of hydrogen-bond acceptors (Lipinski definition) is 6. The average Bonchev–Trinajstić information content (AvgIpc) is 3.38. The van der Waals surface area contributed by atoms with Crippen LogP contribution >= 0.6 is 0 Å². The Balaban J connectivity index is 1.22. The van der Waals surface area contributed by atoms with Gasteiger partial charge in [0, 0.05) is 12.1 Å². The molecule has 2 atom stereocenters. The van der Waals surface area contributed by atoms with Crippen molar-refractivity contribution in [3.63, 3.8) is 0 Å². The molecule has 2 amide bonds. The number of benzene rings is 2. The van der Waals surface area contributed by atoms with E-state index in [-0.39, 0.29) is 24.1 Å². The molecule has 1 aliphatic carbocycles. The maximum absolute atomic E-state index is 12.5. The monoisotopic (exact) mass is 404 g/mol. The molecule has 4 aromatic rings. The second kappa shape index (κ2) is 7.54. The molecule has 1 aliphatic rings. The summed E-state index contributed by atoms with van der Waals surface area (Å²) in [5.41, 5.74) is 2.67. The number of amides is 2. The minimum Gasteiger partial charge on any atom is -0.332 e. The van der Waals surface area contributed by atoms with E-state index in [0.717, 1.165) is 28.9 Å². The quantitative estimate of drug-likeness (QED) is 0.529. The van der Waals surface area contributed by atoms with Crippen molar-refractivity contribution in [2.24, 2.45) is 0 Å². The van der Waals surface area contributed by atoms with Crippen molar-refractivity contribution >= 4 is 34.1 Å². The predicted octanol–water partition coefficient (Wildman–Crippen LogP) is 2.30. The van der Waals surface area contributed by atoms with Crippen molar-refractivity contribution in [2.45, 2.75) is 37.8 Å². The first-order valence-corrected chi connectivity index (χ1v) is 9.91. The van der Waals surface area contributed by atoms with Crippen LogP contribution in [0.2, 0.25) is 0 Å². The fourth-order valence-corrected chi connectivity index (χ4v) is 3.82. The van der Waals surface area contributed by atoms with Crippen LogP contribution in [0, 0.1) is 0 Å². The van der Waals surface area contributed by atoms with E-state index >= 15 is 0 Å². The van der Waals surface area contributed by atoms with Crippen molar-refractivity contribution in [1.29, 1.82) is 0 Å². The van der Waals surface area contributed by atoms with E-state index in [4.69, 9.17) is 0 Å². The normalized spacial score (nSPS) is 19.1. The summed E-state index contributed by atoms with van der Waals surface area (Å²) in [6.07, 6.45) is 3.18. The zero-order valence-corrected chi connectivity index (χ0v) is 16.1. The molecule has 1 fully saturated rings. The van der Waals surface area contributed by atoms with Gasteiger partial charge in [0.2, 0.25) is 0 Å². The molecule has 0 saturated heterocycles. The van der Waals surface area contributed by atoms with E-state index in [9.17, 15) is 9.59 Å². The largest absolute Gasteiger partial charge is 0.359 e. The average molecular weight is 404 g/mol. The summed E-state index contributed by atoms with van der Waals surface area (Å²) in [5.74, 6) is 0. The Hall–Kier alpha value is -3.82. The Morgan fingerprint density at radius 1 is 0.700 bits per heavy atom. The summed E-state index contributed by atoms with van der Waals surface area (Å²) >= 11 is 0. The number of aromatic nitrogens is 6. The van der Waals surface area contributed by atoms with Crippen molar-refractivity contribution in [1.82, 2.24) is 40.6 Å². The highest BCUT2D eigenvalue weighted by atomic mass is 16.2. The van der Waals surface area contributed by atoms with E-state index in [1.807, 2.05) is 48.5 Å². The lowest BCUT2D eigenvalue weighted by atomic mass is 9.91. The lowest BCUT2D eigenvalue weighted by Gasteiger charge is -2.29. The third kappa shape index (κ3) is 3.59. The molecule has 2 aromatic heterocycles. The van der Waals surface area contributed by atoms with Gasteiger partial charge in [-0.05, 0) is 49.9 Å². The number of carbonyl (C=O) groups is 2. The number of nitrogens with one attached hydrogen (secondary N) is 2. The van der Waals surface area contributed by atoms with Gasteiger partial charge in [-0.3, -0.25) is 0 Å². The van der Waals surface area contributed by atoms with Gasteiger partial charge in [0.15, 0.2) is 0 Å². The third-order valence-electron chi connectivity index (χ3n) is 5.27. The fourth-order valence-electron chi connectivity index (χ4n) is 3.82. The predicted molar refractivity (Wildman–Crippen MR) is 109 cm³/mol. The molecule has 1 saturated carbocycles. The first-order chi connectivity index (χ1) is 14.7. The van der Waals surface area contributed by atoms with E-state index in [1.54, 1.807) is 0 Å². The summed E-state index contributed by atoms with van der Waals surface area (Å²) in [6, 6.07) is 13.8. The van der Waals surface area contributed by atoms with Gasteiger partial charge < -0.3 is 10.6 Å². The molecule has 10 heteroatoms. The summed E-state index contributed by atoms with van der Waals surface area (Å²) in [7, 11) is 0. The number of rotatable bonds is 2. The minimum absolute atomic E-state index is 0.0738. The maximum atomic E-state index is 12.5. The molecule has 30 heavy (non-hydrogen) atoms. The Morgan fingerprint density at radius 2 is 1.07 bits per heavy atom. The second-order valence-corrected chi connectivity index (χ2v) is 7.42. The minimum atomic E-state index is -0.372. The Kier molecular flexibility index (Phi) is 4.58. The lowest BCUT2D eigenvalue weighted by molar-refractivity contribution is 0.217. The third-order valence-corrected chi connectivity index (χ3v) is 5.27. The van der Waals surface area contributed by atoms with Crippen LogP contribution in [0.4, 0.5) is 9.59 Å². The second-order valence-electron chi connectivity index (χ2n) is 7.42. The van der Waals surface area contributed by atoms with Crippen molar-refractivity contribution < 1.29 is 9.59 Å². The zero-order chi connectivity index (χ0) is 20.5. The molecule has 0 aliphatic heterocycles. The highest BCUT2D eigenvalue weighted by Gasteiger charge is 2.26. The molecule has 2 aromatic carbocycles. The summed E-state index contributed by atoms with van der Waals surface area (Å²) in [4.78, 5) is 27.3. The Bertz CT molecular complexity index is 1070. The van der Waals surface area contributed by atoms with Crippen molar-refractivity contribution in [3.8, 4) is 0 Å². The Labute approximate surface area is 171 Å². The van der Waals surface area contributed by atoms with Crippen LogP contribution in [-0.2, 0) is 0 Å². The van der Waals surface area contributed by atoms with E-state index < -0.39 is 0 Å². The lowest BCUT2D eigenvalue weighted by Crippen LogP contribution is -2.48. The standard InChI is InChI=1S/C20H20N8O2/c29-19(27-23-15-8-1-2-9-16(15)24-27)21-13-6-5-7-14(12-13)22-20(30)28-25-17-10-3-4-11-18(17)26-28/h1-4,8-11,13-14H,5-7,12H2,(H,21,29)(H,22,30). The first kappa shape index (κ1) is 18.2. The number of hydrogen-bond donors (Lipinski definition) is 2. The highest BCUT2D eigenvalue weighted by molar-refractivity contribution is 5.81. The van der Waals surface area contributed by atoms with E-state index in [2.05, 4.69) is 31.0 Å². The zero-order valence-electron chi connectivity index (χ0n) is 16.1. The van der Waals surface area contributed by atoms with Crippen LogP contribution in [0.1, 0.15) is 25.7 Å². The maximum Gasteiger partial charge on any atom is 0.359 e. The summed E-state index contributed by atoms with van der Waals surface area (Å²) < 4.78 is 0. The van der Waals surface area contributed by atoms with Crippen molar-refractivity contribution in [3.05, 3.63) is 48.5 Å². The first-order valence-electron chi connectivity index (χ1n) is 9.91. The SMILES string of the molecule is O=C(NC1CCCC(NC(=O)n2nc3ccccc3n2)C1)n1nc2ccccc2n1. The van der Waals surface area contributed by atoms with Gasteiger partial charge in [-0.25, -0.2) is 9.59 Å². The molecule has 10 nitrogen and oxygen atoms in total. The molecule has 5 rings (SSSR count). The number of fused-ring (bicyclic) bond motifs is 2. The topological polar surface area (TPSA) is 120 Å². The fraction of sp³-hybridized carbons (Fsp3) is 0.300. The van der Waals surface area contributed by atoms with Gasteiger partial charge in [-0.2, -0.15) is 0 Å². The molecule has 2 unspecified atom stereocenters.